The minimum atomic E-state index is 0.720. The van der Waals surface area contributed by atoms with Crippen molar-refractivity contribution in [1.82, 2.24) is 0 Å². The number of unbranched alkanes of at least 4 members (excludes halogenated alkanes) is 2. The summed E-state index contributed by atoms with van der Waals surface area (Å²) in [7, 11) is 0. The number of rotatable bonds is 6. The molecule has 0 aromatic rings. The molecule has 0 amide bonds. The molecule has 2 saturated carbocycles. The number of hydrogen-bond donors (Lipinski definition) is 0. The maximum Gasteiger partial charge on any atom is 0.0203 e. The molecule has 22 heavy (non-hydrogen) atoms. The Bertz CT molecular complexity index is 353. The van der Waals surface area contributed by atoms with Crippen LogP contribution in [0.1, 0.15) is 90.4 Å². The van der Waals surface area contributed by atoms with Crippen LogP contribution >= 0.6 is 0 Å². The molecule has 0 radical (unpaired) electrons. The van der Waals surface area contributed by atoms with Gasteiger partial charge in [-0.2, -0.15) is 0 Å². The van der Waals surface area contributed by atoms with Gasteiger partial charge < -0.3 is 0 Å². The average molecular weight is 301 g/mol. The molecule has 0 spiro atoms. The highest BCUT2D eigenvalue weighted by atomic mass is 14.3. The van der Waals surface area contributed by atoms with Crippen LogP contribution in [0.2, 0.25) is 0 Å². The Morgan fingerprint density at radius 3 is 2.18 bits per heavy atom. The van der Waals surface area contributed by atoms with Crippen molar-refractivity contribution in [3.05, 3.63) is 12.7 Å². The lowest BCUT2D eigenvalue weighted by molar-refractivity contribution is 0.153. The zero-order valence-electron chi connectivity index (χ0n) is 14.8. The Kier molecular flexibility index (Phi) is 8.14. The van der Waals surface area contributed by atoms with Crippen molar-refractivity contribution in [1.29, 1.82) is 0 Å². The van der Waals surface area contributed by atoms with E-state index in [1.54, 1.807) is 0 Å². The van der Waals surface area contributed by atoms with E-state index >= 15 is 0 Å². The van der Waals surface area contributed by atoms with Crippen LogP contribution in [0.5, 0.6) is 0 Å². The maximum absolute atomic E-state index is 3.84. The maximum atomic E-state index is 3.84. The van der Waals surface area contributed by atoms with Crippen LogP contribution in [-0.4, -0.2) is 0 Å². The quantitative estimate of drug-likeness (QED) is 0.289. The molecule has 124 valence electrons. The van der Waals surface area contributed by atoms with Crippen molar-refractivity contribution < 1.29 is 0 Å². The third kappa shape index (κ3) is 5.83. The molecule has 0 heterocycles. The summed E-state index contributed by atoms with van der Waals surface area (Å²) in [4.78, 5) is 0. The number of allylic oxidation sites excluding steroid dienone is 1. The molecule has 0 heteroatoms. The fourth-order valence-electron chi connectivity index (χ4n) is 4.58. The Labute approximate surface area is 139 Å². The zero-order valence-corrected chi connectivity index (χ0v) is 14.8. The van der Waals surface area contributed by atoms with E-state index < -0.39 is 0 Å². The van der Waals surface area contributed by atoms with Crippen LogP contribution < -0.4 is 0 Å². The SMILES string of the molecule is C=CCCC[C@H]1CC[C@H]([C@H]2CC[C@H](C#CCCC)CC2)CC1. The first kappa shape index (κ1) is 17.7. The molecular formula is C22H36. The van der Waals surface area contributed by atoms with Crippen LogP contribution in [0.25, 0.3) is 0 Å². The van der Waals surface area contributed by atoms with Crippen LogP contribution in [0.4, 0.5) is 0 Å². The monoisotopic (exact) mass is 300 g/mol. The molecule has 2 aliphatic rings. The molecule has 2 fully saturated rings. The normalized spacial score (nSPS) is 32.0. The van der Waals surface area contributed by atoms with Crippen molar-refractivity contribution in [2.45, 2.75) is 90.4 Å². The predicted molar refractivity (Wildman–Crippen MR) is 97.6 cm³/mol. The molecule has 0 aromatic heterocycles. The van der Waals surface area contributed by atoms with E-state index in [9.17, 15) is 0 Å². The minimum Gasteiger partial charge on any atom is -0.103 e. The van der Waals surface area contributed by atoms with Gasteiger partial charge in [0.1, 0.15) is 0 Å². The van der Waals surface area contributed by atoms with E-state index in [4.69, 9.17) is 0 Å². The summed E-state index contributed by atoms with van der Waals surface area (Å²) in [5.41, 5.74) is 0. The van der Waals surface area contributed by atoms with Gasteiger partial charge in [0, 0.05) is 12.3 Å². The van der Waals surface area contributed by atoms with Crippen molar-refractivity contribution in [2.75, 3.05) is 0 Å². The molecule has 0 bridgehead atoms. The molecule has 0 aromatic carbocycles. The first-order valence-corrected chi connectivity index (χ1v) is 9.92. The molecule has 0 nitrogen and oxygen atoms in total. The lowest BCUT2D eigenvalue weighted by Crippen LogP contribution is -2.25. The van der Waals surface area contributed by atoms with Gasteiger partial charge in [-0.15, -0.1) is 12.5 Å². The Morgan fingerprint density at radius 1 is 0.955 bits per heavy atom. The molecule has 0 aliphatic heterocycles. The molecule has 0 saturated heterocycles. The largest absolute Gasteiger partial charge is 0.103 e. The van der Waals surface area contributed by atoms with E-state index in [0.29, 0.717) is 0 Å². The summed E-state index contributed by atoms with van der Waals surface area (Å²) in [6, 6.07) is 0. The molecule has 0 unspecified atom stereocenters. The van der Waals surface area contributed by atoms with Crippen molar-refractivity contribution >= 4 is 0 Å². The van der Waals surface area contributed by atoms with Gasteiger partial charge >= 0.3 is 0 Å². The number of hydrogen-bond acceptors (Lipinski definition) is 0. The molecule has 2 rings (SSSR count). The van der Waals surface area contributed by atoms with Gasteiger partial charge in [-0.25, -0.2) is 0 Å². The first-order valence-electron chi connectivity index (χ1n) is 9.92. The molecule has 2 aliphatic carbocycles. The fourth-order valence-corrected chi connectivity index (χ4v) is 4.58. The summed E-state index contributed by atoms with van der Waals surface area (Å²) in [6.07, 6.45) is 20.1. The summed E-state index contributed by atoms with van der Waals surface area (Å²) in [5, 5.41) is 0. The third-order valence-electron chi connectivity index (χ3n) is 6.03. The minimum absolute atomic E-state index is 0.720. The highest BCUT2D eigenvalue weighted by Gasteiger charge is 2.30. The van der Waals surface area contributed by atoms with Gasteiger partial charge in [0.15, 0.2) is 0 Å². The van der Waals surface area contributed by atoms with Gasteiger partial charge in [-0.05, 0) is 75.5 Å². The lowest BCUT2D eigenvalue weighted by Gasteiger charge is -2.37. The first-order chi connectivity index (χ1) is 10.8. The Morgan fingerprint density at radius 2 is 1.59 bits per heavy atom. The van der Waals surface area contributed by atoms with Crippen LogP contribution in [0, 0.1) is 35.5 Å². The van der Waals surface area contributed by atoms with Crippen LogP contribution in [0.3, 0.4) is 0 Å². The second-order valence-corrected chi connectivity index (χ2v) is 7.68. The lowest BCUT2D eigenvalue weighted by atomic mass is 9.69. The average Bonchev–Trinajstić information content (AvgIpc) is 2.57. The van der Waals surface area contributed by atoms with E-state index in [-0.39, 0.29) is 0 Å². The summed E-state index contributed by atoms with van der Waals surface area (Å²) >= 11 is 0. The highest BCUT2D eigenvalue weighted by Crippen LogP contribution is 2.42. The van der Waals surface area contributed by atoms with Crippen molar-refractivity contribution in [2.24, 2.45) is 23.7 Å². The fraction of sp³-hybridized carbons (Fsp3) is 0.818. The topological polar surface area (TPSA) is 0 Å². The highest BCUT2D eigenvalue weighted by molar-refractivity contribution is 5.04. The van der Waals surface area contributed by atoms with Gasteiger partial charge in [0.2, 0.25) is 0 Å². The molecule has 0 atom stereocenters. The second-order valence-electron chi connectivity index (χ2n) is 7.68. The summed E-state index contributed by atoms with van der Waals surface area (Å²) in [6.45, 7) is 6.06. The van der Waals surface area contributed by atoms with Gasteiger partial charge in [0.25, 0.3) is 0 Å². The third-order valence-corrected chi connectivity index (χ3v) is 6.03. The Hall–Kier alpha value is -0.700. The predicted octanol–water partition coefficient (Wildman–Crippen LogP) is 6.76. The van der Waals surface area contributed by atoms with Gasteiger partial charge in [0.05, 0.1) is 0 Å². The summed E-state index contributed by atoms with van der Waals surface area (Å²) in [5.74, 6) is 10.7. The van der Waals surface area contributed by atoms with E-state index in [1.165, 1.54) is 77.0 Å². The second kappa shape index (κ2) is 10.1. The van der Waals surface area contributed by atoms with Crippen molar-refractivity contribution in [3.63, 3.8) is 0 Å². The summed E-state index contributed by atoms with van der Waals surface area (Å²) < 4.78 is 0. The Balaban J connectivity index is 1.64. The zero-order chi connectivity index (χ0) is 15.6. The van der Waals surface area contributed by atoms with Gasteiger partial charge in [-0.1, -0.05) is 38.2 Å². The molecular weight excluding hydrogens is 264 g/mol. The standard InChI is InChI=1S/C22H36/c1-3-5-7-9-19-11-15-21(16-12-19)22-17-13-20(14-18-22)10-8-6-4-2/h3,19-22H,1,4-7,9,11-18H2,2H3/t19-,20-,21-,22-. The van der Waals surface area contributed by atoms with E-state index in [2.05, 4.69) is 31.4 Å². The van der Waals surface area contributed by atoms with E-state index in [1.807, 2.05) is 0 Å². The van der Waals surface area contributed by atoms with Crippen LogP contribution in [-0.2, 0) is 0 Å². The van der Waals surface area contributed by atoms with Gasteiger partial charge in [-0.3, -0.25) is 0 Å². The van der Waals surface area contributed by atoms with E-state index in [0.717, 1.165) is 30.1 Å². The molecule has 0 N–H and O–H groups in total. The smallest absolute Gasteiger partial charge is 0.0203 e. The van der Waals surface area contributed by atoms with Crippen molar-refractivity contribution in [3.8, 4) is 11.8 Å². The van der Waals surface area contributed by atoms with Crippen LogP contribution in [0.15, 0.2) is 12.7 Å².